The lowest BCUT2D eigenvalue weighted by atomic mass is 10.1. The number of hydrogen-bond acceptors (Lipinski definition) is 5. The number of oxime groups is 1. The predicted molar refractivity (Wildman–Crippen MR) is 122 cm³/mol. The lowest BCUT2D eigenvalue weighted by molar-refractivity contribution is 0.0697. The third-order valence-corrected chi connectivity index (χ3v) is 4.93. The van der Waals surface area contributed by atoms with E-state index in [0.29, 0.717) is 34.9 Å². The summed E-state index contributed by atoms with van der Waals surface area (Å²) in [5, 5.41) is 18.0. The second-order valence-electron chi connectivity index (χ2n) is 7.38. The fourth-order valence-corrected chi connectivity index (χ4v) is 3.32. The van der Waals surface area contributed by atoms with Crippen LogP contribution in [0, 0.1) is 5.82 Å². The number of halogens is 1. The molecule has 2 aromatic heterocycles. The van der Waals surface area contributed by atoms with Gasteiger partial charge in [-0.2, -0.15) is 0 Å². The highest BCUT2D eigenvalue weighted by Crippen LogP contribution is 2.26. The fraction of sp³-hybridized carbons (Fsp3) is 0.160. The Morgan fingerprint density at radius 1 is 1.12 bits per heavy atom. The summed E-state index contributed by atoms with van der Waals surface area (Å²) in [7, 11) is 0. The van der Waals surface area contributed by atoms with Crippen LogP contribution in [-0.2, 0) is 11.4 Å². The molecule has 33 heavy (non-hydrogen) atoms. The van der Waals surface area contributed by atoms with E-state index in [2.05, 4.69) is 10.3 Å². The molecule has 4 rings (SSSR count). The van der Waals surface area contributed by atoms with E-state index in [1.54, 1.807) is 35.2 Å². The Morgan fingerprint density at radius 3 is 2.58 bits per heavy atom. The molecule has 168 valence electrons. The lowest BCUT2D eigenvalue weighted by Crippen LogP contribution is -2.11. The summed E-state index contributed by atoms with van der Waals surface area (Å²) in [4.78, 5) is 17.2. The van der Waals surface area contributed by atoms with Crippen LogP contribution >= 0.6 is 0 Å². The Kier molecular flexibility index (Phi) is 6.64. The molecule has 0 fully saturated rings. The average molecular weight is 447 g/mol. The van der Waals surface area contributed by atoms with Crippen LogP contribution < -0.4 is 0 Å². The Labute approximate surface area is 189 Å². The Morgan fingerprint density at radius 2 is 1.88 bits per heavy atom. The second kappa shape index (κ2) is 9.95. The van der Waals surface area contributed by atoms with Crippen LogP contribution in [0.3, 0.4) is 0 Å². The van der Waals surface area contributed by atoms with Gasteiger partial charge in [0.25, 0.3) is 0 Å². The first-order valence-electron chi connectivity index (χ1n) is 10.5. The van der Waals surface area contributed by atoms with Crippen molar-refractivity contribution in [3.05, 3.63) is 90.2 Å². The quantitative estimate of drug-likeness (QED) is 0.209. The maximum Gasteiger partial charge on any atom is 0.337 e. The van der Waals surface area contributed by atoms with E-state index in [9.17, 15) is 14.3 Å². The van der Waals surface area contributed by atoms with E-state index in [1.807, 2.05) is 37.3 Å². The van der Waals surface area contributed by atoms with Gasteiger partial charge in [0.15, 0.2) is 5.76 Å². The third-order valence-electron chi connectivity index (χ3n) is 4.93. The molecule has 1 N–H and O–H groups in total. The molecule has 0 aliphatic rings. The number of carboxylic acid groups (broad SMARTS) is 1. The van der Waals surface area contributed by atoms with Gasteiger partial charge in [-0.05, 0) is 36.2 Å². The molecule has 0 bridgehead atoms. The number of benzene rings is 2. The maximum atomic E-state index is 13.2. The first kappa shape index (κ1) is 22.0. The minimum absolute atomic E-state index is 0.180. The van der Waals surface area contributed by atoms with Crippen molar-refractivity contribution in [3.8, 4) is 22.4 Å². The van der Waals surface area contributed by atoms with Gasteiger partial charge in [0.05, 0.1) is 12.1 Å². The number of nitrogens with zero attached hydrogens (tertiary/aromatic N) is 3. The highest BCUT2D eigenvalue weighted by Gasteiger charge is 2.19. The summed E-state index contributed by atoms with van der Waals surface area (Å²) in [5.41, 5.74) is 3.24. The highest BCUT2D eigenvalue weighted by molar-refractivity contribution is 5.99. The molecule has 0 aliphatic carbocycles. The van der Waals surface area contributed by atoms with Crippen molar-refractivity contribution in [2.75, 3.05) is 6.61 Å². The van der Waals surface area contributed by atoms with Crippen LogP contribution in [0.4, 0.5) is 4.39 Å². The van der Waals surface area contributed by atoms with Crippen molar-refractivity contribution < 1.29 is 23.7 Å². The number of rotatable bonds is 9. The van der Waals surface area contributed by atoms with Gasteiger partial charge in [-0.15, -0.1) is 0 Å². The first-order chi connectivity index (χ1) is 16.0. The second-order valence-corrected chi connectivity index (χ2v) is 7.38. The topological polar surface area (TPSA) is 89.9 Å². The molecule has 2 heterocycles. The molecule has 0 aliphatic heterocycles. The van der Waals surface area contributed by atoms with E-state index >= 15 is 0 Å². The molecular formula is C25H22FN3O4. The molecule has 0 saturated heterocycles. The summed E-state index contributed by atoms with van der Waals surface area (Å²) < 4.78 is 20.5. The zero-order chi connectivity index (χ0) is 23.2. The zero-order valence-electron chi connectivity index (χ0n) is 17.9. The van der Waals surface area contributed by atoms with Crippen molar-refractivity contribution in [1.29, 1.82) is 0 Å². The molecule has 0 unspecified atom stereocenters. The van der Waals surface area contributed by atoms with Crippen LogP contribution in [-0.4, -0.2) is 33.1 Å². The monoisotopic (exact) mass is 447 g/mol. The minimum Gasteiger partial charge on any atom is -0.478 e. The summed E-state index contributed by atoms with van der Waals surface area (Å²) in [6.07, 6.45) is 4.08. The van der Waals surface area contributed by atoms with Gasteiger partial charge in [-0.25, -0.2) is 9.18 Å². The van der Waals surface area contributed by atoms with Gasteiger partial charge in [0.1, 0.15) is 23.8 Å². The summed E-state index contributed by atoms with van der Waals surface area (Å²) in [6.45, 7) is 2.59. The van der Waals surface area contributed by atoms with E-state index in [1.165, 1.54) is 12.1 Å². The van der Waals surface area contributed by atoms with Crippen molar-refractivity contribution in [1.82, 2.24) is 9.72 Å². The van der Waals surface area contributed by atoms with Gasteiger partial charge in [0.2, 0.25) is 0 Å². The molecule has 0 amide bonds. The molecule has 0 atom stereocenters. The van der Waals surface area contributed by atoms with Crippen LogP contribution in [0.5, 0.6) is 0 Å². The van der Waals surface area contributed by atoms with Crippen molar-refractivity contribution >= 4 is 11.7 Å². The van der Waals surface area contributed by atoms with E-state index in [4.69, 9.17) is 9.36 Å². The van der Waals surface area contributed by atoms with Crippen molar-refractivity contribution in [2.24, 2.45) is 5.16 Å². The summed E-state index contributed by atoms with van der Waals surface area (Å²) in [5.74, 6) is -0.988. The molecule has 4 aromatic rings. The average Bonchev–Trinajstić information content (AvgIpc) is 3.47. The first-order valence-corrected chi connectivity index (χ1v) is 10.5. The maximum absolute atomic E-state index is 13.2. The summed E-state index contributed by atoms with van der Waals surface area (Å²) in [6, 6.07) is 16.9. The SMILES string of the molecule is CCCO/N=C(\Cn1cc(C(=O)O)c(-c2ccccc2)c1)c1cc(-c2ccc(F)cc2)no1. The summed E-state index contributed by atoms with van der Waals surface area (Å²) >= 11 is 0. The van der Waals surface area contributed by atoms with Gasteiger partial charge in [-0.1, -0.05) is 47.6 Å². The van der Waals surface area contributed by atoms with Crippen LogP contribution in [0.15, 0.2) is 82.7 Å². The van der Waals surface area contributed by atoms with Gasteiger partial charge >= 0.3 is 5.97 Å². The number of carboxylic acids is 1. The molecule has 2 aromatic carbocycles. The zero-order valence-corrected chi connectivity index (χ0v) is 17.9. The number of aromatic nitrogens is 2. The van der Waals surface area contributed by atoms with Gasteiger partial charge in [0, 0.05) is 29.6 Å². The predicted octanol–water partition coefficient (Wildman–Crippen LogP) is 5.48. The molecular weight excluding hydrogens is 425 g/mol. The molecule has 0 saturated carbocycles. The number of carbonyl (C=O) groups is 1. The normalized spacial score (nSPS) is 11.5. The smallest absolute Gasteiger partial charge is 0.337 e. The van der Waals surface area contributed by atoms with Crippen LogP contribution in [0.1, 0.15) is 29.5 Å². The van der Waals surface area contributed by atoms with Crippen molar-refractivity contribution in [2.45, 2.75) is 19.9 Å². The lowest BCUT2D eigenvalue weighted by Gasteiger charge is -2.05. The van der Waals surface area contributed by atoms with E-state index in [0.717, 1.165) is 12.0 Å². The Bertz CT molecular complexity index is 1260. The number of aromatic carboxylic acids is 1. The molecule has 8 heteroatoms. The van der Waals surface area contributed by atoms with E-state index < -0.39 is 5.97 Å². The standard InChI is InChI=1S/C25H22FN3O4/c1-2-12-32-27-23(24-13-22(28-33-24)18-8-10-19(26)11-9-18)16-29-14-20(21(15-29)25(30)31)17-6-4-3-5-7-17/h3-11,13-15H,2,12,16H2,1H3,(H,30,31)/b27-23+. The molecule has 7 nitrogen and oxygen atoms in total. The van der Waals surface area contributed by atoms with Gasteiger partial charge in [-0.3, -0.25) is 0 Å². The molecule has 0 spiro atoms. The van der Waals surface area contributed by atoms with Crippen LogP contribution in [0.2, 0.25) is 0 Å². The van der Waals surface area contributed by atoms with E-state index in [-0.39, 0.29) is 17.9 Å². The number of hydrogen-bond donors (Lipinski definition) is 1. The largest absolute Gasteiger partial charge is 0.478 e. The fourth-order valence-electron chi connectivity index (χ4n) is 3.32. The highest BCUT2D eigenvalue weighted by atomic mass is 19.1. The molecule has 0 radical (unpaired) electrons. The Hall–Kier alpha value is -4.20. The minimum atomic E-state index is -1.02. The van der Waals surface area contributed by atoms with Gasteiger partial charge < -0.3 is 19.0 Å². The van der Waals surface area contributed by atoms with Crippen LogP contribution in [0.25, 0.3) is 22.4 Å². The van der Waals surface area contributed by atoms with Crippen molar-refractivity contribution in [3.63, 3.8) is 0 Å². The Balaban J connectivity index is 1.66. The third kappa shape index (κ3) is 5.17.